The summed E-state index contributed by atoms with van der Waals surface area (Å²) >= 11 is 1.69. The first-order chi connectivity index (χ1) is 10.1. The molecule has 3 nitrogen and oxygen atoms in total. The Kier molecular flexibility index (Phi) is 5.51. The Morgan fingerprint density at radius 3 is 2.62 bits per heavy atom. The molecule has 1 aromatic carbocycles. The van der Waals surface area contributed by atoms with E-state index in [1.165, 1.54) is 16.0 Å². The number of hydrogen-bond donors (Lipinski definition) is 1. The number of carbonyl (C=O) groups excluding carboxylic acids is 1. The molecule has 1 aromatic heterocycles. The Morgan fingerprint density at radius 2 is 1.95 bits per heavy atom. The SMILES string of the molecule is CCCC(=O)NCc1nc(C)c(Cc2ccc(C)cc2)s1. The van der Waals surface area contributed by atoms with E-state index in [2.05, 4.69) is 41.5 Å². The molecule has 4 heteroatoms. The van der Waals surface area contributed by atoms with Gasteiger partial charge in [0.2, 0.25) is 5.91 Å². The lowest BCUT2D eigenvalue weighted by molar-refractivity contribution is -0.121. The van der Waals surface area contributed by atoms with Crippen molar-refractivity contribution in [3.63, 3.8) is 0 Å². The standard InChI is InChI=1S/C17H22N2OS/c1-4-5-16(20)18-11-17-19-13(3)15(21-17)10-14-8-6-12(2)7-9-14/h6-9H,4-5,10-11H2,1-3H3,(H,18,20). The van der Waals surface area contributed by atoms with Crippen molar-refractivity contribution in [3.8, 4) is 0 Å². The average molecular weight is 302 g/mol. The highest BCUT2D eigenvalue weighted by molar-refractivity contribution is 7.11. The monoisotopic (exact) mass is 302 g/mol. The fraction of sp³-hybridized carbons (Fsp3) is 0.412. The van der Waals surface area contributed by atoms with Gasteiger partial charge in [-0.05, 0) is 25.8 Å². The summed E-state index contributed by atoms with van der Waals surface area (Å²) in [6, 6.07) is 8.60. The number of benzene rings is 1. The lowest BCUT2D eigenvalue weighted by atomic mass is 10.1. The Hall–Kier alpha value is -1.68. The van der Waals surface area contributed by atoms with Crippen molar-refractivity contribution in [1.29, 1.82) is 0 Å². The molecule has 0 unspecified atom stereocenters. The van der Waals surface area contributed by atoms with Gasteiger partial charge >= 0.3 is 0 Å². The molecule has 1 amide bonds. The van der Waals surface area contributed by atoms with Crippen LogP contribution in [0.15, 0.2) is 24.3 Å². The largest absolute Gasteiger partial charge is 0.350 e. The van der Waals surface area contributed by atoms with E-state index < -0.39 is 0 Å². The van der Waals surface area contributed by atoms with Gasteiger partial charge in [0, 0.05) is 17.7 Å². The minimum Gasteiger partial charge on any atom is -0.350 e. The molecule has 0 aliphatic heterocycles. The van der Waals surface area contributed by atoms with Crippen LogP contribution in [-0.4, -0.2) is 10.9 Å². The maximum atomic E-state index is 11.5. The Morgan fingerprint density at radius 1 is 1.24 bits per heavy atom. The fourth-order valence-electron chi connectivity index (χ4n) is 2.11. The minimum atomic E-state index is 0.102. The van der Waals surface area contributed by atoms with Crippen molar-refractivity contribution in [3.05, 3.63) is 51.0 Å². The van der Waals surface area contributed by atoms with Crippen molar-refractivity contribution in [2.24, 2.45) is 0 Å². The smallest absolute Gasteiger partial charge is 0.220 e. The summed E-state index contributed by atoms with van der Waals surface area (Å²) in [7, 11) is 0. The molecule has 0 atom stereocenters. The van der Waals surface area contributed by atoms with Crippen molar-refractivity contribution in [2.75, 3.05) is 0 Å². The summed E-state index contributed by atoms with van der Waals surface area (Å²) in [4.78, 5) is 17.3. The van der Waals surface area contributed by atoms with Crippen LogP contribution >= 0.6 is 11.3 Å². The third-order valence-electron chi connectivity index (χ3n) is 3.34. The second kappa shape index (κ2) is 7.36. The number of thiazole rings is 1. The molecule has 0 spiro atoms. The first kappa shape index (κ1) is 15.7. The van der Waals surface area contributed by atoms with E-state index in [9.17, 15) is 4.79 Å². The van der Waals surface area contributed by atoms with Gasteiger partial charge in [-0.2, -0.15) is 0 Å². The molecular weight excluding hydrogens is 280 g/mol. The van der Waals surface area contributed by atoms with E-state index in [0.29, 0.717) is 13.0 Å². The van der Waals surface area contributed by atoms with Gasteiger partial charge in [-0.15, -0.1) is 11.3 Å². The third kappa shape index (κ3) is 4.67. The Labute approximate surface area is 130 Å². The molecule has 0 saturated carbocycles. The average Bonchev–Trinajstić information content (AvgIpc) is 2.80. The summed E-state index contributed by atoms with van der Waals surface area (Å²) in [6.07, 6.45) is 2.37. The summed E-state index contributed by atoms with van der Waals surface area (Å²) in [6.45, 7) is 6.68. The second-order valence-electron chi connectivity index (χ2n) is 5.31. The maximum Gasteiger partial charge on any atom is 0.220 e. The molecule has 0 aliphatic carbocycles. The topological polar surface area (TPSA) is 42.0 Å². The van der Waals surface area contributed by atoms with Crippen LogP contribution in [0.5, 0.6) is 0 Å². The van der Waals surface area contributed by atoms with Crippen molar-refractivity contribution >= 4 is 17.2 Å². The van der Waals surface area contributed by atoms with Gasteiger partial charge in [0.1, 0.15) is 5.01 Å². The normalized spacial score (nSPS) is 10.6. The maximum absolute atomic E-state index is 11.5. The molecular formula is C17H22N2OS. The highest BCUT2D eigenvalue weighted by Gasteiger charge is 2.09. The van der Waals surface area contributed by atoms with Gasteiger partial charge in [0.25, 0.3) is 0 Å². The summed E-state index contributed by atoms with van der Waals surface area (Å²) < 4.78 is 0. The number of hydrogen-bond acceptors (Lipinski definition) is 3. The highest BCUT2D eigenvalue weighted by Crippen LogP contribution is 2.21. The molecule has 2 aromatic rings. The molecule has 1 heterocycles. The molecule has 2 rings (SSSR count). The first-order valence-electron chi connectivity index (χ1n) is 7.36. The molecule has 0 saturated heterocycles. The molecule has 112 valence electrons. The number of carbonyl (C=O) groups is 1. The number of aromatic nitrogens is 1. The number of nitrogens with one attached hydrogen (secondary N) is 1. The first-order valence-corrected chi connectivity index (χ1v) is 8.17. The number of rotatable bonds is 6. The number of aryl methyl sites for hydroxylation is 2. The van der Waals surface area contributed by atoms with E-state index >= 15 is 0 Å². The molecule has 0 bridgehead atoms. The zero-order valence-corrected chi connectivity index (χ0v) is 13.7. The predicted octanol–water partition coefficient (Wildman–Crippen LogP) is 3.77. The molecule has 0 aliphatic rings. The zero-order chi connectivity index (χ0) is 15.2. The van der Waals surface area contributed by atoms with E-state index in [1.54, 1.807) is 11.3 Å². The van der Waals surface area contributed by atoms with Gasteiger partial charge in [-0.1, -0.05) is 36.8 Å². The van der Waals surface area contributed by atoms with Crippen LogP contribution in [0.2, 0.25) is 0 Å². The van der Waals surface area contributed by atoms with E-state index in [4.69, 9.17) is 0 Å². The Bertz CT molecular complexity index is 602. The van der Waals surface area contributed by atoms with Crippen molar-refractivity contribution in [1.82, 2.24) is 10.3 Å². The van der Waals surface area contributed by atoms with Crippen LogP contribution in [0.25, 0.3) is 0 Å². The molecule has 0 fully saturated rings. The molecule has 21 heavy (non-hydrogen) atoms. The van der Waals surface area contributed by atoms with Gasteiger partial charge in [-0.3, -0.25) is 4.79 Å². The third-order valence-corrected chi connectivity index (χ3v) is 4.49. The predicted molar refractivity (Wildman–Crippen MR) is 87.6 cm³/mol. The van der Waals surface area contributed by atoms with Crippen LogP contribution in [-0.2, 0) is 17.8 Å². The van der Waals surface area contributed by atoms with Crippen LogP contribution in [0.1, 0.15) is 46.5 Å². The molecule has 1 N–H and O–H groups in total. The van der Waals surface area contributed by atoms with Crippen LogP contribution in [0.4, 0.5) is 0 Å². The van der Waals surface area contributed by atoms with E-state index in [-0.39, 0.29) is 5.91 Å². The van der Waals surface area contributed by atoms with Crippen molar-refractivity contribution < 1.29 is 4.79 Å². The van der Waals surface area contributed by atoms with Crippen LogP contribution in [0, 0.1) is 13.8 Å². The van der Waals surface area contributed by atoms with Crippen LogP contribution in [0.3, 0.4) is 0 Å². The van der Waals surface area contributed by atoms with Gasteiger partial charge in [-0.25, -0.2) is 4.98 Å². The molecule has 0 radical (unpaired) electrons. The fourth-order valence-corrected chi connectivity index (χ4v) is 3.15. The summed E-state index contributed by atoms with van der Waals surface area (Å²) in [5.74, 6) is 0.102. The van der Waals surface area contributed by atoms with Crippen LogP contribution < -0.4 is 5.32 Å². The van der Waals surface area contributed by atoms with E-state index in [0.717, 1.165) is 23.5 Å². The highest BCUT2D eigenvalue weighted by atomic mass is 32.1. The number of amides is 1. The lowest BCUT2D eigenvalue weighted by Crippen LogP contribution is -2.21. The number of nitrogens with zero attached hydrogens (tertiary/aromatic N) is 1. The summed E-state index contributed by atoms with van der Waals surface area (Å²) in [5.41, 5.74) is 3.65. The minimum absolute atomic E-state index is 0.102. The summed E-state index contributed by atoms with van der Waals surface area (Å²) in [5, 5.41) is 3.91. The quantitative estimate of drug-likeness (QED) is 0.882. The van der Waals surface area contributed by atoms with Gasteiger partial charge in [0.15, 0.2) is 0 Å². The zero-order valence-electron chi connectivity index (χ0n) is 12.9. The Balaban J connectivity index is 1.98. The lowest BCUT2D eigenvalue weighted by Gasteiger charge is -2.01. The van der Waals surface area contributed by atoms with Gasteiger partial charge < -0.3 is 5.32 Å². The second-order valence-corrected chi connectivity index (χ2v) is 6.47. The van der Waals surface area contributed by atoms with Crippen molar-refractivity contribution in [2.45, 2.75) is 46.6 Å². The van der Waals surface area contributed by atoms with E-state index in [1.807, 2.05) is 13.8 Å². The van der Waals surface area contributed by atoms with Gasteiger partial charge in [0.05, 0.1) is 12.2 Å².